The number of nitrogens with zero attached hydrogens (tertiary/aromatic N) is 3. The standard InChI is InChI=1S/C7H4BrN3O/c8-7-2-1-5(3-10-7)6(12)4-11-9/h1-4H. The lowest BCUT2D eigenvalue weighted by Gasteiger charge is -1.90. The molecule has 0 saturated carbocycles. The van der Waals surface area contributed by atoms with Crippen molar-refractivity contribution < 1.29 is 9.58 Å². The van der Waals surface area contributed by atoms with Gasteiger partial charge in [-0.3, -0.25) is 4.79 Å². The van der Waals surface area contributed by atoms with E-state index in [1.165, 1.54) is 6.20 Å². The molecule has 12 heavy (non-hydrogen) atoms. The molecule has 0 aliphatic heterocycles. The van der Waals surface area contributed by atoms with Crippen molar-refractivity contribution in [1.29, 1.82) is 0 Å². The maximum Gasteiger partial charge on any atom is 0.328 e. The fraction of sp³-hybridized carbons (Fsp3) is 0. The van der Waals surface area contributed by atoms with E-state index in [1.54, 1.807) is 12.1 Å². The fourth-order valence-corrected chi connectivity index (χ4v) is 0.883. The van der Waals surface area contributed by atoms with Gasteiger partial charge in [0.25, 0.3) is 5.78 Å². The lowest BCUT2D eigenvalue weighted by Crippen LogP contribution is -2.00. The van der Waals surface area contributed by atoms with E-state index in [4.69, 9.17) is 5.53 Å². The summed E-state index contributed by atoms with van der Waals surface area (Å²) in [4.78, 5) is 17.4. The molecule has 0 bridgehead atoms. The van der Waals surface area contributed by atoms with Gasteiger partial charge in [0.1, 0.15) is 4.60 Å². The van der Waals surface area contributed by atoms with Crippen molar-refractivity contribution in [2.45, 2.75) is 0 Å². The molecular weight excluding hydrogens is 222 g/mol. The average molecular weight is 226 g/mol. The van der Waals surface area contributed by atoms with Crippen LogP contribution in [0.1, 0.15) is 10.4 Å². The summed E-state index contributed by atoms with van der Waals surface area (Å²) in [7, 11) is 0. The number of hydrogen-bond donors (Lipinski definition) is 0. The number of Topliss-reactive ketones (excluding diaryl/α,β-unsaturated/α-hetero) is 1. The maximum atomic E-state index is 11.0. The van der Waals surface area contributed by atoms with Crippen LogP contribution >= 0.6 is 15.9 Å². The smallest absolute Gasteiger partial charge is 0.328 e. The van der Waals surface area contributed by atoms with Crippen LogP contribution in [-0.2, 0) is 0 Å². The molecule has 0 radical (unpaired) electrons. The van der Waals surface area contributed by atoms with Crippen LogP contribution in [0.15, 0.2) is 22.9 Å². The maximum absolute atomic E-state index is 11.0. The van der Waals surface area contributed by atoms with Gasteiger partial charge in [-0.15, -0.1) is 0 Å². The van der Waals surface area contributed by atoms with Gasteiger partial charge < -0.3 is 5.53 Å². The molecule has 60 valence electrons. The third-order valence-corrected chi connectivity index (χ3v) is 1.66. The van der Waals surface area contributed by atoms with Gasteiger partial charge in [0.05, 0.1) is 0 Å². The minimum Gasteiger partial charge on any atom is -0.361 e. The predicted molar refractivity (Wildman–Crippen MR) is 46.0 cm³/mol. The van der Waals surface area contributed by atoms with Crippen LogP contribution in [0, 0.1) is 0 Å². The number of rotatable bonds is 2. The average Bonchev–Trinajstić information content (AvgIpc) is 2.06. The molecule has 0 aliphatic carbocycles. The Labute approximate surface area is 77.0 Å². The molecule has 0 fully saturated rings. The highest BCUT2D eigenvalue weighted by Gasteiger charge is 2.05. The quantitative estimate of drug-likeness (QED) is 0.251. The summed E-state index contributed by atoms with van der Waals surface area (Å²) in [6.45, 7) is 0. The van der Waals surface area contributed by atoms with Crippen molar-refractivity contribution in [3.63, 3.8) is 0 Å². The molecule has 0 spiro atoms. The Balaban J connectivity index is 2.97. The van der Waals surface area contributed by atoms with E-state index in [0.29, 0.717) is 10.2 Å². The van der Waals surface area contributed by atoms with E-state index in [1.807, 2.05) is 0 Å². The molecule has 0 atom stereocenters. The molecule has 1 aromatic rings. The van der Waals surface area contributed by atoms with Gasteiger partial charge in [0, 0.05) is 11.8 Å². The monoisotopic (exact) mass is 225 g/mol. The Hall–Kier alpha value is -1.32. The molecule has 1 aromatic heterocycles. The zero-order valence-corrected chi connectivity index (χ0v) is 7.52. The third-order valence-electron chi connectivity index (χ3n) is 1.19. The molecule has 0 amide bonds. The second-order valence-electron chi connectivity index (χ2n) is 1.98. The highest BCUT2D eigenvalue weighted by Crippen LogP contribution is 2.05. The zero-order valence-electron chi connectivity index (χ0n) is 5.94. The molecule has 0 saturated heterocycles. The van der Waals surface area contributed by atoms with Crippen molar-refractivity contribution in [2.75, 3.05) is 0 Å². The Bertz CT molecular complexity index is 340. The van der Waals surface area contributed by atoms with Crippen LogP contribution in [0.4, 0.5) is 0 Å². The summed E-state index contributed by atoms with van der Waals surface area (Å²) < 4.78 is 0.653. The van der Waals surface area contributed by atoms with Gasteiger partial charge >= 0.3 is 6.21 Å². The highest BCUT2D eigenvalue weighted by atomic mass is 79.9. The number of carbonyl (C=O) groups is 1. The second-order valence-corrected chi connectivity index (χ2v) is 2.79. The number of pyridine rings is 1. The highest BCUT2D eigenvalue weighted by molar-refractivity contribution is 9.10. The van der Waals surface area contributed by atoms with Crippen LogP contribution in [0.3, 0.4) is 0 Å². The summed E-state index contributed by atoms with van der Waals surface area (Å²) in [5, 5.41) is 0. The molecule has 1 rings (SSSR count). The van der Waals surface area contributed by atoms with Crippen molar-refractivity contribution in [1.82, 2.24) is 4.98 Å². The molecule has 5 heteroatoms. The lowest BCUT2D eigenvalue weighted by molar-refractivity contribution is 0.00234. The normalized spacial score (nSPS) is 8.75. The topological polar surface area (TPSA) is 66.4 Å². The first-order valence-electron chi connectivity index (χ1n) is 3.07. The van der Waals surface area contributed by atoms with Gasteiger partial charge in [0.15, 0.2) is 0 Å². The van der Waals surface area contributed by atoms with E-state index >= 15 is 0 Å². The van der Waals surface area contributed by atoms with E-state index < -0.39 is 0 Å². The molecular formula is C7H4BrN3O. The van der Waals surface area contributed by atoms with Crippen LogP contribution in [0.2, 0.25) is 0 Å². The van der Waals surface area contributed by atoms with Crippen LogP contribution in [0.25, 0.3) is 5.53 Å². The van der Waals surface area contributed by atoms with E-state index in [0.717, 1.165) is 6.21 Å². The first kappa shape index (κ1) is 8.77. The number of ketones is 1. The molecule has 0 aromatic carbocycles. The molecule has 0 N–H and O–H groups in total. The second kappa shape index (κ2) is 3.90. The molecule has 0 unspecified atom stereocenters. The summed E-state index contributed by atoms with van der Waals surface area (Å²) >= 11 is 3.13. The van der Waals surface area contributed by atoms with Crippen LogP contribution < -0.4 is 0 Å². The first-order chi connectivity index (χ1) is 5.74. The lowest BCUT2D eigenvalue weighted by atomic mass is 10.2. The van der Waals surface area contributed by atoms with Gasteiger partial charge in [-0.25, -0.2) is 4.98 Å². The summed E-state index contributed by atoms with van der Waals surface area (Å²) in [6, 6.07) is 3.22. The van der Waals surface area contributed by atoms with Gasteiger partial charge in [-0.1, -0.05) is 0 Å². The Morgan fingerprint density at radius 1 is 1.67 bits per heavy atom. The Morgan fingerprint density at radius 3 is 2.92 bits per heavy atom. The number of aromatic nitrogens is 1. The largest absolute Gasteiger partial charge is 0.361 e. The van der Waals surface area contributed by atoms with Crippen molar-refractivity contribution in [3.8, 4) is 0 Å². The minimum absolute atomic E-state index is 0.377. The summed E-state index contributed by atoms with van der Waals surface area (Å²) in [5.74, 6) is -0.377. The van der Waals surface area contributed by atoms with Crippen molar-refractivity contribution >= 4 is 27.9 Å². The van der Waals surface area contributed by atoms with E-state index in [-0.39, 0.29) is 5.78 Å². The summed E-state index contributed by atoms with van der Waals surface area (Å²) in [6.07, 6.45) is 2.22. The SMILES string of the molecule is [N-]=[N+]=CC(=O)c1ccc(Br)nc1. The minimum atomic E-state index is -0.377. The number of halogens is 1. The van der Waals surface area contributed by atoms with Crippen molar-refractivity contribution in [2.24, 2.45) is 0 Å². The van der Waals surface area contributed by atoms with Gasteiger partial charge in [-0.2, -0.15) is 4.79 Å². The van der Waals surface area contributed by atoms with Crippen LogP contribution in [0.5, 0.6) is 0 Å². The number of hydrogen-bond acceptors (Lipinski definition) is 2. The van der Waals surface area contributed by atoms with E-state index in [2.05, 4.69) is 25.7 Å². The summed E-state index contributed by atoms with van der Waals surface area (Å²) in [5.41, 5.74) is 8.46. The predicted octanol–water partition coefficient (Wildman–Crippen LogP) is 1.33. The van der Waals surface area contributed by atoms with Crippen molar-refractivity contribution in [3.05, 3.63) is 34.0 Å². The fourth-order valence-electron chi connectivity index (χ4n) is 0.649. The molecule has 1 heterocycles. The Morgan fingerprint density at radius 2 is 2.42 bits per heavy atom. The van der Waals surface area contributed by atoms with Gasteiger partial charge in [0.2, 0.25) is 0 Å². The first-order valence-corrected chi connectivity index (χ1v) is 3.86. The zero-order chi connectivity index (χ0) is 8.97. The van der Waals surface area contributed by atoms with Gasteiger partial charge in [-0.05, 0) is 28.1 Å². The Kier molecular flexibility index (Phi) is 2.85. The number of carbonyl (C=O) groups excluding carboxylic acids is 1. The van der Waals surface area contributed by atoms with E-state index in [9.17, 15) is 4.79 Å². The third kappa shape index (κ3) is 2.08. The molecule has 4 nitrogen and oxygen atoms in total. The van der Waals surface area contributed by atoms with Crippen LogP contribution in [-0.4, -0.2) is 21.8 Å². The molecule has 0 aliphatic rings.